The minimum absolute atomic E-state index is 0.357. The van der Waals surface area contributed by atoms with Crippen molar-refractivity contribution in [2.75, 3.05) is 12.4 Å². The van der Waals surface area contributed by atoms with Crippen molar-refractivity contribution >= 4 is 23.3 Å². The second kappa shape index (κ2) is 6.39. The lowest BCUT2D eigenvalue weighted by Crippen LogP contribution is -2.03. The van der Waals surface area contributed by atoms with Crippen LogP contribution in [0.5, 0.6) is 0 Å². The number of ether oxygens (including phenoxy) is 1. The SMILES string of the molecule is COC(=O)c1ccc(CNc2ccc(Cl)cc2F)cc1. The van der Waals surface area contributed by atoms with Crippen LogP contribution in [0.2, 0.25) is 5.02 Å². The molecule has 2 aromatic rings. The first kappa shape index (κ1) is 14.3. The number of methoxy groups -OCH3 is 1. The molecule has 0 saturated heterocycles. The summed E-state index contributed by atoms with van der Waals surface area (Å²) in [6.45, 7) is 0.444. The van der Waals surface area contributed by atoms with E-state index in [1.54, 1.807) is 36.4 Å². The maximum Gasteiger partial charge on any atom is 0.337 e. The van der Waals surface area contributed by atoms with Gasteiger partial charge in [0.25, 0.3) is 0 Å². The van der Waals surface area contributed by atoms with Crippen LogP contribution < -0.4 is 5.32 Å². The van der Waals surface area contributed by atoms with Crippen molar-refractivity contribution in [3.63, 3.8) is 0 Å². The Hall–Kier alpha value is -2.07. The lowest BCUT2D eigenvalue weighted by molar-refractivity contribution is 0.0600. The average molecular weight is 294 g/mol. The second-order valence-corrected chi connectivity index (χ2v) is 4.60. The van der Waals surface area contributed by atoms with Crippen LogP contribution in [-0.4, -0.2) is 13.1 Å². The maximum atomic E-state index is 13.6. The van der Waals surface area contributed by atoms with Crippen LogP contribution in [0.4, 0.5) is 10.1 Å². The summed E-state index contributed by atoms with van der Waals surface area (Å²) in [4.78, 5) is 11.3. The molecule has 2 rings (SSSR count). The van der Waals surface area contributed by atoms with E-state index in [9.17, 15) is 9.18 Å². The molecule has 0 fully saturated rings. The summed E-state index contributed by atoms with van der Waals surface area (Å²) in [5, 5.41) is 3.33. The molecule has 0 spiro atoms. The summed E-state index contributed by atoms with van der Waals surface area (Å²) < 4.78 is 18.2. The number of hydrogen-bond donors (Lipinski definition) is 1. The third-order valence-corrected chi connectivity index (χ3v) is 3.02. The van der Waals surface area contributed by atoms with Crippen molar-refractivity contribution in [3.8, 4) is 0 Å². The largest absolute Gasteiger partial charge is 0.465 e. The zero-order valence-electron chi connectivity index (χ0n) is 10.8. The van der Waals surface area contributed by atoms with Crippen LogP contribution in [-0.2, 0) is 11.3 Å². The molecule has 0 heterocycles. The summed E-state index contributed by atoms with van der Waals surface area (Å²) in [7, 11) is 1.33. The maximum absolute atomic E-state index is 13.6. The van der Waals surface area contributed by atoms with Crippen molar-refractivity contribution in [3.05, 3.63) is 64.4 Å². The summed E-state index contributed by atoms with van der Waals surface area (Å²) in [6, 6.07) is 11.4. The number of rotatable bonds is 4. The Labute approximate surface area is 121 Å². The van der Waals surface area contributed by atoms with Gasteiger partial charge < -0.3 is 10.1 Å². The Kier molecular flexibility index (Phi) is 4.58. The van der Waals surface area contributed by atoms with Gasteiger partial charge in [0.1, 0.15) is 5.82 Å². The van der Waals surface area contributed by atoms with Crippen LogP contribution in [0.3, 0.4) is 0 Å². The van der Waals surface area contributed by atoms with Crippen molar-refractivity contribution < 1.29 is 13.9 Å². The highest BCUT2D eigenvalue weighted by Gasteiger charge is 2.05. The molecule has 0 aliphatic heterocycles. The molecule has 0 aromatic heterocycles. The number of benzene rings is 2. The molecule has 0 bridgehead atoms. The number of carbonyl (C=O) groups is 1. The first-order valence-electron chi connectivity index (χ1n) is 5.96. The van der Waals surface area contributed by atoms with Crippen molar-refractivity contribution in [1.29, 1.82) is 0 Å². The summed E-state index contributed by atoms with van der Waals surface area (Å²) >= 11 is 5.68. The number of anilines is 1. The van der Waals surface area contributed by atoms with Gasteiger partial charge in [0.05, 0.1) is 18.4 Å². The van der Waals surface area contributed by atoms with E-state index in [0.29, 0.717) is 22.8 Å². The number of nitrogens with one attached hydrogen (secondary N) is 1. The van der Waals surface area contributed by atoms with Gasteiger partial charge in [-0.2, -0.15) is 0 Å². The molecule has 2 aromatic carbocycles. The van der Waals surface area contributed by atoms with Crippen LogP contribution in [0.15, 0.2) is 42.5 Å². The molecular formula is C15H13ClFNO2. The van der Waals surface area contributed by atoms with Gasteiger partial charge in [-0.05, 0) is 35.9 Å². The zero-order valence-corrected chi connectivity index (χ0v) is 11.6. The highest BCUT2D eigenvalue weighted by molar-refractivity contribution is 6.30. The minimum Gasteiger partial charge on any atom is -0.465 e. The molecule has 20 heavy (non-hydrogen) atoms. The van der Waals surface area contributed by atoms with Gasteiger partial charge in [-0.25, -0.2) is 9.18 Å². The van der Waals surface area contributed by atoms with Crippen molar-refractivity contribution in [1.82, 2.24) is 0 Å². The Morgan fingerprint density at radius 2 is 1.95 bits per heavy atom. The lowest BCUT2D eigenvalue weighted by Gasteiger charge is -2.08. The predicted octanol–water partition coefficient (Wildman–Crippen LogP) is 3.88. The monoisotopic (exact) mass is 293 g/mol. The Balaban J connectivity index is 2.02. The van der Waals surface area contributed by atoms with Gasteiger partial charge in [-0.3, -0.25) is 0 Å². The van der Waals surface area contributed by atoms with Crippen LogP contribution >= 0.6 is 11.6 Å². The molecule has 0 saturated carbocycles. The lowest BCUT2D eigenvalue weighted by atomic mass is 10.1. The van der Waals surface area contributed by atoms with E-state index >= 15 is 0 Å². The molecule has 1 N–H and O–H groups in total. The molecule has 0 radical (unpaired) electrons. The fourth-order valence-electron chi connectivity index (χ4n) is 1.71. The number of carbonyl (C=O) groups excluding carboxylic acids is 1. The number of esters is 1. The Morgan fingerprint density at radius 3 is 2.55 bits per heavy atom. The van der Waals surface area contributed by atoms with Crippen LogP contribution in [0.1, 0.15) is 15.9 Å². The molecule has 0 atom stereocenters. The van der Waals surface area contributed by atoms with E-state index < -0.39 is 5.82 Å². The molecule has 104 valence electrons. The quantitative estimate of drug-likeness (QED) is 0.870. The van der Waals surface area contributed by atoms with Crippen molar-refractivity contribution in [2.24, 2.45) is 0 Å². The highest BCUT2D eigenvalue weighted by Crippen LogP contribution is 2.19. The first-order valence-corrected chi connectivity index (χ1v) is 6.34. The van der Waals surface area contributed by atoms with Crippen LogP contribution in [0, 0.1) is 5.82 Å². The first-order chi connectivity index (χ1) is 9.60. The molecular weight excluding hydrogens is 281 g/mol. The van der Waals surface area contributed by atoms with Gasteiger partial charge in [-0.1, -0.05) is 23.7 Å². The zero-order chi connectivity index (χ0) is 14.5. The summed E-state index contributed by atoms with van der Waals surface area (Å²) in [5.74, 6) is -0.781. The summed E-state index contributed by atoms with van der Waals surface area (Å²) in [5.41, 5.74) is 1.78. The molecule has 0 aliphatic rings. The van der Waals surface area contributed by atoms with Crippen LogP contribution in [0.25, 0.3) is 0 Å². The molecule has 0 amide bonds. The van der Waals surface area contributed by atoms with Gasteiger partial charge in [0, 0.05) is 11.6 Å². The van der Waals surface area contributed by atoms with E-state index in [-0.39, 0.29) is 5.97 Å². The van der Waals surface area contributed by atoms with E-state index in [0.717, 1.165) is 5.56 Å². The normalized spacial score (nSPS) is 10.2. The average Bonchev–Trinajstić information content (AvgIpc) is 2.46. The standard InChI is InChI=1S/C15H13ClFNO2/c1-20-15(19)11-4-2-10(3-5-11)9-18-14-7-6-12(16)8-13(14)17/h2-8,18H,9H2,1H3. The Morgan fingerprint density at radius 1 is 1.25 bits per heavy atom. The van der Waals surface area contributed by atoms with Gasteiger partial charge in [-0.15, -0.1) is 0 Å². The van der Waals surface area contributed by atoms with E-state index in [2.05, 4.69) is 10.1 Å². The molecule has 0 aliphatic carbocycles. The Bertz CT molecular complexity index is 614. The predicted molar refractivity (Wildman–Crippen MR) is 76.5 cm³/mol. The summed E-state index contributed by atoms with van der Waals surface area (Å²) in [6.07, 6.45) is 0. The third-order valence-electron chi connectivity index (χ3n) is 2.79. The molecule has 3 nitrogen and oxygen atoms in total. The molecule has 5 heteroatoms. The van der Waals surface area contributed by atoms with Gasteiger partial charge in [0.15, 0.2) is 0 Å². The van der Waals surface area contributed by atoms with Crippen molar-refractivity contribution in [2.45, 2.75) is 6.54 Å². The van der Waals surface area contributed by atoms with E-state index in [4.69, 9.17) is 11.6 Å². The van der Waals surface area contributed by atoms with E-state index in [1.165, 1.54) is 13.2 Å². The highest BCUT2D eigenvalue weighted by atomic mass is 35.5. The minimum atomic E-state index is -0.399. The third kappa shape index (κ3) is 3.48. The van der Waals surface area contributed by atoms with Gasteiger partial charge in [0.2, 0.25) is 0 Å². The topological polar surface area (TPSA) is 38.3 Å². The van der Waals surface area contributed by atoms with Gasteiger partial charge >= 0.3 is 5.97 Å². The fourth-order valence-corrected chi connectivity index (χ4v) is 1.87. The number of hydrogen-bond acceptors (Lipinski definition) is 3. The second-order valence-electron chi connectivity index (χ2n) is 4.17. The fraction of sp³-hybridized carbons (Fsp3) is 0.133. The molecule has 0 unspecified atom stereocenters. The smallest absolute Gasteiger partial charge is 0.337 e. The number of halogens is 2. The van der Waals surface area contributed by atoms with E-state index in [1.807, 2.05) is 0 Å².